The molecule has 0 unspecified atom stereocenters. The zero-order chi connectivity index (χ0) is 28.0. The highest BCUT2D eigenvalue weighted by Crippen LogP contribution is 2.37. The Bertz CT molecular complexity index is 1670. The van der Waals surface area contributed by atoms with Crippen molar-refractivity contribution in [1.82, 2.24) is 0 Å². The van der Waals surface area contributed by atoms with Gasteiger partial charge in [0.1, 0.15) is 0 Å². The molecule has 6 rings (SSSR count). The van der Waals surface area contributed by atoms with Crippen molar-refractivity contribution in [3.05, 3.63) is 169 Å². The van der Waals surface area contributed by atoms with Gasteiger partial charge in [-0.3, -0.25) is 4.79 Å². The maximum absolute atomic E-state index is 11.8. The van der Waals surface area contributed by atoms with Crippen LogP contribution in [0.4, 0.5) is 34.1 Å². The molecule has 0 bridgehead atoms. The fourth-order valence-corrected chi connectivity index (χ4v) is 5.08. The second kappa shape index (κ2) is 11.8. The quantitative estimate of drug-likeness (QED) is 0.183. The molecule has 198 valence electrons. The first kappa shape index (κ1) is 25.8. The molecule has 0 aromatic heterocycles. The molecule has 0 heterocycles. The molecule has 6 aromatic carbocycles. The van der Waals surface area contributed by atoms with Crippen molar-refractivity contribution in [2.75, 3.05) is 9.80 Å². The summed E-state index contributed by atoms with van der Waals surface area (Å²) in [5.74, 6) is 0.0637. The van der Waals surface area contributed by atoms with Crippen LogP contribution >= 0.6 is 0 Å². The molecule has 0 aliphatic rings. The van der Waals surface area contributed by atoms with Gasteiger partial charge in [-0.15, -0.1) is 0 Å². The summed E-state index contributed by atoms with van der Waals surface area (Å²) in [6, 6.07) is 56.3. The predicted molar refractivity (Wildman–Crippen MR) is 171 cm³/mol. The van der Waals surface area contributed by atoms with Gasteiger partial charge in [0.25, 0.3) is 0 Å². The minimum absolute atomic E-state index is 0.0637. The Labute approximate surface area is 241 Å². The van der Waals surface area contributed by atoms with Crippen molar-refractivity contribution in [3.63, 3.8) is 0 Å². The molecule has 3 nitrogen and oxygen atoms in total. The summed E-state index contributed by atoms with van der Waals surface area (Å²) in [6.45, 7) is 1.59. The summed E-state index contributed by atoms with van der Waals surface area (Å²) in [7, 11) is 0. The third-order valence-electron chi connectivity index (χ3n) is 7.16. The summed E-state index contributed by atoms with van der Waals surface area (Å²) in [6.07, 6.45) is 0. The SMILES string of the molecule is CC(=O)c1ccc(N(c2ccccc2)c2ccc(-c3ccc(N(c4ccccc4)c4ccccc4)cc3)cc2)cc1. The number of hydrogen-bond acceptors (Lipinski definition) is 3. The highest BCUT2D eigenvalue weighted by atomic mass is 16.1. The summed E-state index contributed by atoms with van der Waals surface area (Å²) in [4.78, 5) is 16.3. The summed E-state index contributed by atoms with van der Waals surface area (Å²) in [5.41, 5.74) is 9.45. The Morgan fingerprint density at radius 3 is 0.927 bits per heavy atom. The second-order valence-electron chi connectivity index (χ2n) is 9.87. The van der Waals surface area contributed by atoms with Gasteiger partial charge in [0.05, 0.1) is 0 Å². The molecule has 0 amide bonds. The van der Waals surface area contributed by atoms with E-state index in [2.05, 4.69) is 119 Å². The number of Topliss-reactive ketones (excluding diaryl/α,β-unsaturated/α-hetero) is 1. The normalized spacial score (nSPS) is 10.7. The predicted octanol–water partition coefficient (Wildman–Crippen LogP) is 10.5. The lowest BCUT2D eigenvalue weighted by atomic mass is 10.0. The Morgan fingerprint density at radius 1 is 0.366 bits per heavy atom. The number of ketones is 1. The third kappa shape index (κ3) is 5.66. The van der Waals surface area contributed by atoms with Crippen molar-refractivity contribution in [3.8, 4) is 11.1 Å². The lowest BCUT2D eigenvalue weighted by Gasteiger charge is -2.26. The lowest BCUT2D eigenvalue weighted by molar-refractivity contribution is 0.101. The highest BCUT2D eigenvalue weighted by Gasteiger charge is 2.14. The number of para-hydroxylation sites is 3. The van der Waals surface area contributed by atoms with Crippen LogP contribution in [-0.4, -0.2) is 5.78 Å². The van der Waals surface area contributed by atoms with E-state index in [0.717, 1.165) is 45.3 Å². The zero-order valence-electron chi connectivity index (χ0n) is 22.9. The highest BCUT2D eigenvalue weighted by molar-refractivity contribution is 5.94. The fourth-order valence-electron chi connectivity index (χ4n) is 5.08. The molecule has 3 heteroatoms. The Hall–Kier alpha value is -5.41. The molecule has 0 radical (unpaired) electrons. The summed E-state index contributed by atoms with van der Waals surface area (Å²) in [5, 5.41) is 0. The molecular weight excluding hydrogens is 500 g/mol. The third-order valence-corrected chi connectivity index (χ3v) is 7.16. The van der Waals surface area contributed by atoms with Crippen molar-refractivity contribution < 1.29 is 4.79 Å². The molecule has 0 aliphatic carbocycles. The average molecular weight is 531 g/mol. The van der Waals surface area contributed by atoms with Crippen LogP contribution in [0.2, 0.25) is 0 Å². The van der Waals surface area contributed by atoms with E-state index in [1.165, 1.54) is 0 Å². The summed E-state index contributed by atoms with van der Waals surface area (Å²) < 4.78 is 0. The number of benzene rings is 6. The van der Waals surface area contributed by atoms with Gasteiger partial charge < -0.3 is 9.80 Å². The number of anilines is 6. The maximum atomic E-state index is 11.8. The van der Waals surface area contributed by atoms with E-state index < -0.39 is 0 Å². The van der Waals surface area contributed by atoms with E-state index in [9.17, 15) is 4.79 Å². The fraction of sp³-hybridized carbons (Fsp3) is 0.0263. The molecule has 0 N–H and O–H groups in total. The van der Waals surface area contributed by atoms with Crippen LogP contribution in [0.5, 0.6) is 0 Å². The minimum atomic E-state index is 0.0637. The van der Waals surface area contributed by atoms with Gasteiger partial charge in [0.15, 0.2) is 5.78 Å². The van der Waals surface area contributed by atoms with Crippen LogP contribution in [0, 0.1) is 0 Å². The van der Waals surface area contributed by atoms with Crippen LogP contribution in [0.3, 0.4) is 0 Å². The largest absolute Gasteiger partial charge is 0.311 e. The second-order valence-corrected chi connectivity index (χ2v) is 9.87. The Kier molecular flexibility index (Phi) is 7.42. The van der Waals surface area contributed by atoms with Gasteiger partial charge in [-0.05, 0) is 103 Å². The molecule has 0 spiro atoms. The molecular formula is C38H30N2O. The number of carbonyl (C=O) groups excluding carboxylic acids is 1. The maximum Gasteiger partial charge on any atom is 0.159 e. The van der Waals surface area contributed by atoms with Crippen molar-refractivity contribution in [2.24, 2.45) is 0 Å². The molecule has 0 aliphatic heterocycles. The van der Waals surface area contributed by atoms with Crippen LogP contribution in [-0.2, 0) is 0 Å². The standard InChI is InChI=1S/C38H30N2O/c1-29(41)30-17-23-36(24-18-30)40(35-15-9-4-10-16-35)38-27-21-32(22-28-38)31-19-25-37(26-20-31)39(33-11-5-2-6-12-33)34-13-7-3-8-14-34/h2-28H,1H3. The average Bonchev–Trinajstić information content (AvgIpc) is 3.04. The molecule has 0 saturated carbocycles. The smallest absolute Gasteiger partial charge is 0.159 e. The first-order chi connectivity index (χ1) is 20.2. The van der Waals surface area contributed by atoms with Crippen LogP contribution in [0.1, 0.15) is 17.3 Å². The van der Waals surface area contributed by atoms with E-state index in [0.29, 0.717) is 5.56 Å². The van der Waals surface area contributed by atoms with Gasteiger partial charge in [0.2, 0.25) is 0 Å². The molecule has 0 atom stereocenters. The van der Waals surface area contributed by atoms with Crippen molar-refractivity contribution in [2.45, 2.75) is 6.92 Å². The van der Waals surface area contributed by atoms with Crippen molar-refractivity contribution >= 4 is 39.9 Å². The Balaban J connectivity index is 1.31. The molecule has 0 fully saturated rings. The van der Waals surface area contributed by atoms with E-state index in [1.54, 1.807) is 6.92 Å². The molecule has 41 heavy (non-hydrogen) atoms. The lowest BCUT2D eigenvalue weighted by Crippen LogP contribution is -2.10. The van der Waals surface area contributed by atoms with Gasteiger partial charge >= 0.3 is 0 Å². The first-order valence-corrected chi connectivity index (χ1v) is 13.7. The van der Waals surface area contributed by atoms with E-state index in [4.69, 9.17) is 0 Å². The monoisotopic (exact) mass is 530 g/mol. The van der Waals surface area contributed by atoms with E-state index in [-0.39, 0.29) is 5.78 Å². The van der Waals surface area contributed by atoms with Gasteiger partial charge in [-0.1, -0.05) is 78.9 Å². The van der Waals surface area contributed by atoms with Gasteiger partial charge in [-0.2, -0.15) is 0 Å². The number of rotatable bonds is 8. The number of carbonyl (C=O) groups is 1. The van der Waals surface area contributed by atoms with Crippen molar-refractivity contribution in [1.29, 1.82) is 0 Å². The van der Waals surface area contributed by atoms with Gasteiger partial charge in [0, 0.05) is 39.7 Å². The number of nitrogens with zero attached hydrogens (tertiary/aromatic N) is 2. The minimum Gasteiger partial charge on any atom is -0.311 e. The zero-order valence-corrected chi connectivity index (χ0v) is 22.9. The molecule has 0 saturated heterocycles. The van der Waals surface area contributed by atoms with Crippen LogP contribution in [0.25, 0.3) is 11.1 Å². The molecule has 6 aromatic rings. The first-order valence-electron chi connectivity index (χ1n) is 13.7. The van der Waals surface area contributed by atoms with Crippen LogP contribution in [0.15, 0.2) is 164 Å². The Morgan fingerprint density at radius 2 is 0.634 bits per heavy atom. The topological polar surface area (TPSA) is 23.6 Å². The number of hydrogen-bond donors (Lipinski definition) is 0. The summed E-state index contributed by atoms with van der Waals surface area (Å²) >= 11 is 0. The van der Waals surface area contributed by atoms with Gasteiger partial charge in [-0.25, -0.2) is 0 Å². The van der Waals surface area contributed by atoms with Crippen LogP contribution < -0.4 is 9.80 Å². The van der Waals surface area contributed by atoms with E-state index >= 15 is 0 Å². The van der Waals surface area contributed by atoms with E-state index in [1.807, 2.05) is 54.6 Å².